The number of anilines is 1. The van der Waals surface area contributed by atoms with Gasteiger partial charge in [-0.2, -0.15) is 5.10 Å². The second-order valence-electron chi connectivity index (χ2n) is 7.81. The lowest BCUT2D eigenvalue weighted by Crippen LogP contribution is -2.15. The van der Waals surface area contributed by atoms with Gasteiger partial charge in [0.15, 0.2) is 11.5 Å². The number of benzene rings is 1. The van der Waals surface area contributed by atoms with Crippen molar-refractivity contribution in [3.05, 3.63) is 36.5 Å². The van der Waals surface area contributed by atoms with Gasteiger partial charge < -0.3 is 9.73 Å². The molecule has 0 atom stereocenters. The highest BCUT2D eigenvalue weighted by atomic mass is 32.2. The summed E-state index contributed by atoms with van der Waals surface area (Å²) in [4.78, 5) is 16.6. The van der Waals surface area contributed by atoms with Gasteiger partial charge in [-0.1, -0.05) is 20.8 Å². The van der Waals surface area contributed by atoms with E-state index in [1.165, 1.54) is 10.9 Å². The fraction of sp³-hybridized carbons (Fsp3) is 0.389. The zero-order valence-electron chi connectivity index (χ0n) is 16.0. The molecule has 0 fully saturated rings. The summed E-state index contributed by atoms with van der Waals surface area (Å²) in [5.74, 6) is 0.431. The monoisotopic (exact) mass is 405 g/mol. The summed E-state index contributed by atoms with van der Waals surface area (Å²) in [6.07, 6.45) is 3.29. The predicted molar refractivity (Wildman–Crippen MR) is 104 cm³/mol. The molecule has 2 aromatic heterocycles. The van der Waals surface area contributed by atoms with Gasteiger partial charge in [0.2, 0.25) is 15.9 Å². The molecule has 0 saturated heterocycles. The third kappa shape index (κ3) is 5.17. The number of aromatic nitrogens is 3. The summed E-state index contributed by atoms with van der Waals surface area (Å²) in [5.41, 5.74) is 2.03. The molecule has 2 heterocycles. The molecule has 0 aliphatic carbocycles. The Bertz CT molecular complexity index is 1110. The van der Waals surface area contributed by atoms with Crippen LogP contribution in [0.2, 0.25) is 0 Å². The van der Waals surface area contributed by atoms with E-state index in [1.54, 1.807) is 18.2 Å². The van der Waals surface area contributed by atoms with E-state index in [9.17, 15) is 13.2 Å². The number of oxazole rings is 1. The van der Waals surface area contributed by atoms with Gasteiger partial charge in [-0.05, 0) is 23.6 Å². The molecule has 0 bridgehead atoms. The second-order valence-corrected chi connectivity index (χ2v) is 9.37. The third-order valence-electron chi connectivity index (χ3n) is 3.90. The van der Waals surface area contributed by atoms with Crippen LogP contribution >= 0.6 is 0 Å². The number of hydrogen-bond acceptors (Lipinski definition) is 6. The van der Waals surface area contributed by atoms with Crippen LogP contribution in [0, 0.1) is 5.41 Å². The van der Waals surface area contributed by atoms with Crippen LogP contribution < -0.4 is 10.5 Å². The number of fused-ring (bicyclic) bond motifs is 1. The Kier molecular flexibility index (Phi) is 5.26. The number of sulfonamides is 1. The molecule has 0 aliphatic rings. The average Bonchev–Trinajstić information content (AvgIpc) is 3.16. The number of nitrogens with two attached hydrogens (primary N) is 1. The lowest BCUT2D eigenvalue weighted by atomic mass is 9.92. The van der Waals surface area contributed by atoms with Crippen molar-refractivity contribution in [1.29, 1.82) is 0 Å². The molecular formula is C18H23N5O4S. The molecule has 150 valence electrons. The number of aryl methyl sites for hydroxylation is 1. The van der Waals surface area contributed by atoms with Crippen molar-refractivity contribution >= 4 is 32.7 Å². The first-order chi connectivity index (χ1) is 13.0. The van der Waals surface area contributed by atoms with Gasteiger partial charge in [-0.25, -0.2) is 18.5 Å². The van der Waals surface area contributed by atoms with Crippen LogP contribution in [0.3, 0.4) is 0 Å². The Balaban J connectivity index is 1.62. The first kappa shape index (κ1) is 20.0. The van der Waals surface area contributed by atoms with Crippen LogP contribution in [0.25, 0.3) is 11.1 Å². The van der Waals surface area contributed by atoms with Gasteiger partial charge in [0.25, 0.3) is 0 Å². The molecule has 0 saturated carbocycles. The summed E-state index contributed by atoms with van der Waals surface area (Å²) >= 11 is 0. The molecule has 10 heteroatoms. The van der Waals surface area contributed by atoms with Crippen LogP contribution in [0.15, 0.2) is 39.9 Å². The van der Waals surface area contributed by atoms with Crippen LogP contribution in [0.4, 0.5) is 5.69 Å². The van der Waals surface area contributed by atoms with E-state index < -0.39 is 10.0 Å². The average molecular weight is 405 g/mol. The molecule has 3 rings (SSSR count). The summed E-state index contributed by atoms with van der Waals surface area (Å²) in [7, 11) is -3.80. The van der Waals surface area contributed by atoms with Crippen LogP contribution in [-0.4, -0.2) is 29.1 Å². The number of nitrogens with zero attached hydrogens (tertiary/aromatic N) is 3. The highest BCUT2D eigenvalue weighted by molar-refractivity contribution is 7.89. The first-order valence-corrected chi connectivity index (χ1v) is 10.3. The predicted octanol–water partition coefficient (Wildman–Crippen LogP) is 2.29. The minimum atomic E-state index is -3.80. The fourth-order valence-electron chi connectivity index (χ4n) is 2.64. The van der Waals surface area contributed by atoms with Gasteiger partial charge in [-0.3, -0.25) is 9.48 Å². The van der Waals surface area contributed by atoms with Crippen LogP contribution in [0.1, 0.15) is 33.1 Å². The topological polar surface area (TPSA) is 133 Å². The third-order valence-corrected chi connectivity index (χ3v) is 4.77. The van der Waals surface area contributed by atoms with Crippen molar-refractivity contribution in [1.82, 2.24) is 14.8 Å². The van der Waals surface area contributed by atoms with Crippen molar-refractivity contribution < 1.29 is 17.6 Å². The zero-order chi connectivity index (χ0) is 20.5. The number of carbonyl (C=O) groups excluding carboxylic acids is 1. The Morgan fingerprint density at radius 2 is 2.07 bits per heavy atom. The first-order valence-electron chi connectivity index (χ1n) is 8.74. The molecular weight excluding hydrogens is 382 g/mol. The van der Waals surface area contributed by atoms with Crippen LogP contribution in [-0.2, 0) is 27.8 Å². The molecule has 3 N–H and O–H groups in total. The summed E-state index contributed by atoms with van der Waals surface area (Å²) in [6.45, 7) is 6.56. The SMILES string of the molecule is CC(C)(C)Cc1nc2cc(NC(=O)CCn3cc(S(N)(=O)=O)cn3)ccc2o1. The molecule has 0 aliphatic heterocycles. The van der Waals surface area contributed by atoms with Crippen LogP contribution in [0.5, 0.6) is 0 Å². The Morgan fingerprint density at radius 1 is 1.32 bits per heavy atom. The highest BCUT2D eigenvalue weighted by Gasteiger charge is 2.16. The molecule has 3 aromatic rings. The number of amides is 1. The smallest absolute Gasteiger partial charge is 0.241 e. The minimum absolute atomic E-state index is 0.0630. The molecule has 1 amide bonds. The quantitative estimate of drug-likeness (QED) is 0.646. The maximum Gasteiger partial charge on any atom is 0.241 e. The zero-order valence-corrected chi connectivity index (χ0v) is 16.8. The fourth-order valence-corrected chi connectivity index (χ4v) is 3.10. The van der Waals surface area contributed by atoms with Crippen molar-refractivity contribution in [3.8, 4) is 0 Å². The lowest BCUT2D eigenvalue weighted by Gasteiger charge is -2.14. The van der Waals surface area contributed by atoms with Gasteiger partial charge in [0, 0.05) is 31.3 Å². The Morgan fingerprint density at radius 3 is 2.71 bits per heavy atom. The standard InChI is InChI=1S/C18H23N5O4S/c1-18(2,3)9-17-22-14-8-12(4-5-15(14)27-17)21-16(24)6-7-23-11-13(10-20-23)28(19,25)26/h4-5,8,10-11H,6-7,9H2,1-3H3,(H,21,24)(H2,19,25,26). The number of carbonyl (C=O) groups is 1. The Labute approximate surface area is 163 Å². The molecule has 9 nitrogen and oxygen atoms in total. The minimum Gasteiger partial charge on any atom is -0.441 e. The van der Waals surface area contributed by atoms with E-state index in [0.29, 0.717) is 29.1 Å². The van der Waals surface area contributed by atoms with E-state index in [2.05, 4.69) is 36.2 Å². The summed E-state index contributed by atoms with van der Waals surface area (Å²) in [6, 6.07) is 5.28. The maximum atomic E-state index is 12.2. The number of nitrogens with one attached hydrogen (secondary N) is 1. The summed E-state index contributed by atoms with van der Waals surface area (Å²) in [5, 5.41) is 11.7. The second kappa shape index (κ2) is 7.36. The van der Waals surface area contributed by atoms with Gasteiger partial charge in [-0.15, -0.1) is 0 Å². The normalized spacial score (nSPS) is 12.4. The highest BCUT2D eigenvalue weighted by Crippen LogP contribution is 2.25. The van der Waals surface area contributed by atoms with Crippen molar-refractivity contribution in [2.75, 3.05) is 5.32 Å². The molecule has 1 aromatic carbocycles. The van der Waals surface area contributed by atoms with Crippen molar-refractivity contribution in [2.24, 2.45) is 10.6 Å². The van der Waals surface area contributed by atoms with E-state index in [4.69, 9.17) is 9.56 Å². The van der Waals surface area contributed by atoms with Crippen molar-refractivity contribution in [3.63, 3.8) is 0 Å². The van der Waals surface area contributed by atoms with Crippen molar-refractivity contribution in [2.45, 2.75) is 45.1 Å². The Hall–Kier alpha value is -2.72. The van der Waals surface area contributed by atoms with Gasteiger partial charge >= 0.3 is 0 Å². The molecule has 28 heavy (non-hydrogen) atoms. The van der Waals surface area contributed by atoms with E-state index in [1.807, 2.05) is 0 Å². The largest absolute Gasteiger partial charge is 0.441 e. The molecule has 0 spiro atoms. The van der Waals surface area contributed by atoms with E-state index in [0.717, 1.165) is 6.20 Å². The number of hydrogen-bond donors (Lipinski definition) is 2. The molecule has 0 radical (unpaired) electrons. The number of rotatable bonds is 6. The van der Waals surface area contributed by atoms with E-state index >= 15 is 0 Å². The molecule has 0 unspecified atom stereocenters. The maximum absolute atomic E-state index is 12.2. The van der Waals surface area contributed by atoms with E-state index in [-0.39, 0.29) is 29.2 Å². The lowest BCUT2D eigenvalue weighted by molar-refractivity contribution is -0.116. The van der Waals surface area contributed by atoms with Gasteiger partial charge in [0.05, 0.1) is 6.20 Å². The number of primary sulfonamides is 1. The van der Waals surface area contributed by atoms with Gasteiger partial charge in [0.1, 0.15) is 10.4 Å². The summed E-state index contributed by atoms with van der Waals surface area (Å²) < 4.78 is 29.6.